The Labute approximate surface area is 172 Å². The molecule has 0 bridgehead atoms. The minimum Gasteiger partial charge on any atom is -0.354 e. The predicted molar refractivity (Wildman–Crippen MR) is 115 cm³/mol. The number of para-hydroxylation sites is 1. The molecule has 4 aromatic rings. The lowest BCUT2D eigenvalue weighted by molar-refractivity contribution is -0.121. The fourth-order valence-electron chi connectivity index (χ4n) is 3.43. The summed E-state index contributed by atoms with van der Waals surface area (Å²) in [6.45, 7) is 1.67. The van der Waals surface area contributed by atoms with Crippen LogP contribution in [0.1, 0.15) is 12.8 Å². The van der Waals surface area contributed by atoms with E-state index >= 15 is 0 Å². The van der Waals surface area contributed by atoms with E-state index < -0.39 is 0 Å². The average Bonchev–Trinajstić information content (AvgIpc) is 3.12. The Balaban J connectivity index is 1.27. The third kappa shape index (κ3) is 4.32. The second kappa shape index (κ2) is 8.49. The van der Waals surface area contributed by atoms with Crippen LogP contribution in [0.15, 0.2) is 65.8 Å². The zero-order chi connectivity index (χ0) is 20.2. The molecule has 1 amide bonds. The van der Waals surface area contributed by atoms with Crippen LogP contribution in [0.25, 0.3) is 21.8 Å². The van der Waals surface area contributed by atoms with Crippen LogP contribution in [0.2, 0.25) is 5.02 Å². The summed E-state index contributed by atoms with van der Waals surface area (Å²) in [5, 5.41) is 5.35. The fraction of sp³-hybridized carbons (Fsp3) is 0.227. The number of benzene rings is 2. The van der Waals surface area contributed by atoms with E-state index in [1.807, 2.05) is 48.7 Å². The highest BCUT2D eigenvalue weighted by Crippen LogP contribution is 2.20. The first-order chi connectivity index (χ1) is 14.1. The largest absolute Gasteiger partial charge is 0.354 e. The highest BCUT2D eigenvalue weighted by molar-refractivity contribution is 6.31. The molecule has 2 heterocycles. The molecule has 0 unspecified atom stereocenters. The Hall–Kier alpha value is -3.12. The number of halogens is 1. The average molecular weight is 409 g/mol. The Morgan fingerprint density at radius 2 is 1.93 bits per heavy atom. The lowest BCUT2D eigenvalue weighted by Crippen LogP contribution is -2.27. The van der Waals surface area contributed by atoms with Crippen molar-refractivity contribution in [3.63, 3.8) is 0 Å². The smallest absolute Gasteiger partial charge is 0.261 e. The molecule has 0 aliphatic carbocycles. The first-order valence-corrected chi connectivity index (χ1v) is 9.95. The van der Waals surface area contributed by atoms with Crippen molar-refractivity contribution >= 4 is 39.3 Å². The van der Waals surface area contributed by atoms with E-state index in [0.29, 0.717) is 48.4 Å². The van der Waals surface area contributed by atoms with Gasteiger partial charge in [0.25, 0.3) is 5.56 Å². The van der Waals surface area contributed by atoms with Crippen molar-refractivity contribution in [3.8, 4) is 0 Å². The van der Waals surface area contributed by atoms with Gasteiger partial charge in [0, 0.05) is 42.8 Å². The van der Waals surface area contributed by atoms with Gasteiger partial charge in [-0.3, -0.25) is 14.2 Å². The third-order valence-corrected chi connectivity index (χ3v) is 5.18. The van der Waals surface area contributed by atoms with Crippen LogP contribution in [-0.4, -0.2) is 26.6 Å². The summed E-state index contributed by atoms with van der Waals surface area (Å²) in [6.07, 6.45) is 4.47. The van der Waals surface area contributed by atoms with Crippen molar-refractivity contribution < 1.29 is 4.79 Å². The topological polar surface area (TPSA) is 68.9 Å². The van der Waals surface area contributed by atoms with E-state index in [1.54, 1.807) is 17.0 Å². The normalized spacial score (nSPS) is 11.2. The molecule has 6 nitrogen and oxygen atoms in total. The van der Waals surface area contributed by atoms with Crippen LogP contribution < -0.4 is 10.9 Å². The number of nitrogens with zero attached hydrogens (tertiary/aromatic N) is 3. The van der Waals surface area contributed by atoms with Crippen LogP contribution in [0, 0.1) is 0 Å². The number of amides is 1. The van der Waals surface area contributed by atoms with E-state index in [0.717, 1.165) is 10.9 Å². The molecule has 1 N–H and O–H groups in total. The Bertz CT molecular complexity index is 1230. The molecule has 0 aliphatic heterocycles. The zero-order valence-corrected chi connectivity index (χ0v) is 16.6. The minimum absolute atomic E-state index is 0.0266. The van der Waals surface area contributed by atoms with E-state index in [9.17, 15) is 9.59 Å². The van der Waals surface area contributed by atoms with Crippen molar-refractivity contribution in [2.45, 2.75) is 25.9 Å². The number of carbonyl (C=O) groups excluding carboxylic acids is 1. The van der Waals surface area contributed by atoms with Crippen molar-refractivity contribution in [3.05, 3.63) is 76.4 Å². The van der Waals surface area contributed by atoms with Gasteiger partial charge >= 0.3 is 0 Å². The molecular formula is C22H21ClN4O2. The van der Waals surface area contributed by atoms with E-state index in [2.05, 4.69) is 14.9 Å². The quantitative estimate of drug-likeness (QED) is 0.508. The van der Waals surface area contributed by atoms with Gasteiger partial charge in [-0.25, -0.2) is 4.98 Å². The molecule has 0 aliphatic rings. The summed E-state index contributed by atoms with van der Waals surface area (Å²) in [7, 11) is 0. The van der Waals surface area contributed by atoms with Gasteiger partial charge in [-0.1, -0.05) is 29.8 Å². The highest BCUT2D eigenvalue weighted by atomic mass is 35.5. The van der Waals surface area contributed by atoms with Crippen LogP contribution in [0.4, 0.5) is 0 Å². The van der Waals surface area contributed by atoms with Crippen molar-refractivity contribution in [1.29, 1.82) is 0 Å². The summed E-state index contributed by atoms with van der Waals surface area (Å²) in [5.74, 6) is -0.0266. The molecule has 0 saturated heterocycles. The molecule has 0 radical (unpaired) electrons. The number of fused-ring (bicyclic) bond motifs is 2. The standard InChI is InChI=1S/C22H21ClN4O2/c23-17-8-7-16-9-12-26(20(16)14-17)13-10-24-21(28)6-3-11-27-15-25-19-5-2-1-4-18(19)22(27)29/h1-2,4-5,7-9,12,14-15H,3,6,10-11,13H2,(H,24,28). The van der Waals surface area contributed by atoms with Crippen LogP contribution in [0.3, 0.4) is 0 Å². The molecule has 29 heavy (non-hydrogen) atoms. The number of hydrogen-bond donors (Lipinski definition) is 1. The van der Waals surface area contributed by atoms with Gasteiger partial charge in [-0.2, -0.15) is 0 Å². The lowest BCUT2D eigenvalue weighted by atomic mass is 10.2. The summed E-state index contributed by atoms with van der Waals surface area (Å²) >= 11 is 6.07. The van der Waals surface area contributed by atoms with Gasteiger partial charge < -0.3 is 9.88 Å². The number of nitrogens with one attached hydrogen (secondary N) is 1. The van der Waals surface area contributed by atoms with Crippen molar-refractivity contribution in [2.24, 2.45) is 0 Å². The summed E-state index contributed by atoms with van der Waals surface area (Å²) < 4.78 is 3.63. The second-order valence-corrected chi connectivity index (χ2v) is 7.36. The molecule has 4 rings (SSSR count). The second-order valence-electron chi connectivity index (χ2n) is 6.93. The molecule has 0 atom stereocenters. The summed E-state index contributed by atoms with van der Waals surface area (Å²) in [6, 6.07) is 15.1. The SMILES string of the molecule is O=C(CCCn1cnc2ccccc2c1=O)NCCn1ccc2ccc(Cl)cc21. The Morgan fingerprint density at radius 3 is 2.83 bits per heavy atom. The van der Waals surface area contributed by atoms with Gasteiger partial charge in [0.05, 0.1) is 17.2 Å². The summed E-state index contributed by atoms with van der Waals surface area (Å²) in [4.78, 5) is 28.9. The number of aromatic nitrogens is 3. The Morgan fingerprint density at radius 1 is 1.07 bits per heavy atom. The Kier molecular flexibility index (Phi) is 5.62. The van der Waals surface area contributed by atoms with Gasteiger partial charge in [0.2, 0.25) is 5.91 Å². The maximum absolute atomic E-state index is 12.4. The monoisotopic (exact) mass is 408 g/mol. The molecule has 0 spiro atoms. The molecule has 7 heteroatoms. The third-order valence-electron chi connectivity index (χ3n) is 4.95. The molecule has 2 aromatic heterocycles. The number of aryl methyl sites for hydroxylation is 1. The minimum atomic E-state index is -0.0749. The molecule has 0 saturated carbocycles. The fourth-order valence-corrected chi connectivity index (χ4v) is 3.60. The molecule has 2 aromatic carbocycles. The maximum Gasteiger partial charge on any atom is 0.261 e. The highest BCUT2D eigenvalue weighted by Gasteiger charge is 2.06. The van der Waals surface area contributed by atoms with Gasteiger partial charge in [0.1, 0.15) is 0 Å². The maximum atomic E-state index is 12.4. The van der Waals surface area contributed by atoms with E-state index in [4.69, 9.17) is 11.6 Å². The van der Waals surface area contributed by atoms with Gasteiger partial charge in [-0.05, 0) is 42.1 Å². The first-order valence-electron chi connectivity index (χ1n) is 9.57. The summed E-state index contributed by atoms with van der Waals surface area (Å²) in [5.41, 5.74) is 1.66. The van der Waals surface area contributed by atoms with E-state index in [-0.39, 0.29) is 11.5 Å². The predicted octanol–water partition coefficient (Wildman–Crippen LogP) is 3.60. The van der Waals surface area contributed by atoms with Gasteiger partial charge in [0.15, 0.2) is 0 Å². The van der Waals surface area contributed by atoms with Gasteiger partial charge in [-0.15, -0.1) is 0 Å². The van der Waals surface area contributed by atoms with Crippen molar-refractivity contribution in [1.82, 2.24) is 19.4 Å². The van der Waals surface area contributed by atoms with Crippen LogP contribution in [-0.2, 0) is 17.9 Å². The zero-order valence-electron chi connectivity index (χ0n) is 15.8. The lowest BCUT2D eigenvalue weighted by Gasteiger charge is -2.09. The molecule has 148 valence electrons. The van der Waals surface area contributed by atoms with E-state index in [1.165, 1.54) is 0 Å². The molecule has 0 fully saturated rings. The van der Waals surface area contributed by atoms with Crippen LogP contribution >= 0.6 is 11.6 Å². The van der Waals surface area contributed by atoms with Crippen molar-refractivity contribution in [2.75, 3.05) is 6.54 Å². The first kappa shape index (κ1) is 19.2. The number of carbonyl (C=O) groups is 1. The van der Waals surface area contributed by atoms with Crippen LogP contribution in [0.5, 0.6) is 0 Å². The number of rotatable bonds is 7. The molecular weight excluding hydrogens is 388 g/mol. The number of hydrogen-bond acceptors (Lipinski definition) is 3.